The van der Waals surface area contributed by atoms with Gasteiger partial charge in [-0.05, 0) is 57.0 Å². The van der Waals surface area contributed by atoms with E-state index in [1.807, 2.05) is 25.3 Å². The molecule has 1 saturated heterocycles. The van der Waals surface area contributed by atoms with Gasteiger partial charge in [-0.3, -0.25) is 0 Å². The Morgan fingerprint density at radius 3 is 2.50 bits per heavy atom. The first-order valence-corrected chi connectivity index (χ1v) is 9.95. The van der Waals surface area contributed by atoms with Gasteiger partial charge in [0, 0.05) is 42.4 Å². The molecule has 0 saturated carbocycles. The van der Waals surface area contributed by atoms with Gasteiger partial charge in [0.25, 0.3) is 0 Å². The van der Waals surface area contributed by atoms with Gasteiger partial charge in [0.05, 0.1) is 12.8 Å². The summed E-state index contributed by atoms with van der Waals surface area (Å²) in [5.74, 6) is 2.23. The summed E-state index contributed by atoms with van der Waals surface area (Å²) in [4.78, 5) is 11.6. The number of hydrogen-bond donors (Lipinski definition) is 0. The van der Waals surface area contributed by atoms with Gasteiger partial charge in [0.2, 0.25) is 11.8 Å². The van der Waals surface area contributed by atoms with E-state index in [9.17, 15) is 0 Å². The Kier molecular flexibility index (Phi) is 5.44. The Hall–Kier alpha value is -2.66. The molecule has 0 amide bonds. The van der Waals surface area contributed by atoms with Crippen molar-refractivity contribution in [2.24, 2.45) is 0 Å². The van der Waals surface area contributed by atoms with E-state index in [0.717, 1.165) is 41.1 Å². The van der Waals surface area contributed by atoms with Crippen LogP contribution in [0.3, 0.4) is 0 Å². The monoisotopic (exact) mass is 377 g/mol. The molecule has 0 aliphatic carbocycles. The number of methoxy groups -OCH3 is 1. The van der Waals surface area contributed by atoms with Gasteiger partial charge < -0.3 is 14.1 Å². The van der Waals surface area contributed by atoms with Crippen molar-refractivity contribution in [3.8, 4) is 28.5 Å². The minimum atomic E-state index is 0.617. The Bertz CT molecular complexity index is 916. The highest BCUT2D eigenvalue weighted by molar-refractivity contribution is 5.67. The van der Waals surface area contributed by atoms with E-state index in [1.165, 1.54) is 19.4 Å². The van der Waals surface area contributed by atoms with Crippen molar-refractivity contribution in [3.05, 3.63) is 54.0 Å². The predicted octanol–water partition coefficient (Wildman–Crippen LogP) is 4.75. The van der Waals surface area contributed by atoms with E-state index < -0.39 is 0 Å². The number of hydrogen-bond acceptors (Lipinski definition) is 5. The Balaban J connectivity index is 1.46. The maximum atomic E-state index is 5.96. The third-order valence-electron chi connectivity index (χ3n) is 5.63. The molecule has 1 aliphatic rings. The van der Waals surface area contributed by atoms with Crippen molar-refractivity contribution in [1.29, 1.82) is 0 Å². The lowest BCUT2D eigenvalue weighted by Crippen LogP contribution is -2.29. The molecule has 0 unspecified atom stereocenters. The molecule has 0 bridgehead atoms. The molecule has 1 aliphatic heterocycles. The molecule has 2 aromatic heterocycles. The van der Waals surface area contributed by atoms with Gasteiger partial charge in [-0.25, -0.2) is 9.97 Å². The zero-order valence-electron chi connectivity index (χ0n) is 16.8. The van der Waals surface area contributed by atoms with Crippen LogP contribution in [0.1, 0.15) is 31.2 Å². The third-order valence-corrected chi connectivity index (χ3v) is 5.63. The number of aromatic nitrogens is 2. The predicted molar refractivity (Wildman–Crippen MR) is 110 cm³/mol. The molecular weight excluding hydrogens is 350 g/mol. The zero-order chi connectivity index (χ0) is 19.5. The number of oxazole rings is 1. The average Bonchev–Trinajstić information content (AvgIpc) is 3.31. The van der Waals surface area contributed by atoms with Gasteiger partial charge in [0.1, 0.15) is 5.76 Å². The van der Waals surface area contributed by atoms with Crippen LogP contribution >= 0.6 is 0 Å². The minimum Gasteiger partial charge on any atom is -0.481 e. The first kappa shape index (κ1) is 18.7. The highest BCUT2D eigenvalue weighted by Crippen LogP contribution is 2.27. The molecule has 1 fully saturated rings. The molecule has 0 N–H and O–H groups in total. The van der Waals surface area contributed by atoms with E-state index in [-0.39, 0.29) is 0 Å². The second kappa shape index (κ2) is 8.15. The van der Waals surface area contributed by atoms with Crippen molar-refractivity contribution in [3.63, 3.8) is 0 Å². The van der Waals surface area contributed by atoms with Gasteiger partial charge in [-0.15, -0.1) is 0 Å². The van der Waals surface area contributed by atoms with Gasteiger partial charge >= 0.3 is 0 Å². The van der Waals surface area contributed by atoms with E-state index in [0.29, 0.717) is 17.8 Å². The van der Waals surface area contributed by atoms with Crippen LogP contribution in [0.5, 0.6) is 5.88 Å². The molecule has 146 valence electrons. The summed E-state index contributed by atoms with van der Waals surface area (Å²) < 4.78 is 11.1. The van der Waals surface area contributed by atoms with Crippen molar-refractivity contribution in [2.75, 3.05) is 20.2 Å². The highest BCUT2D eigenvalue weighted by atomic mass is 16.5. The summed E-state index contributed by atoms with van der Waals surface area (Å²) in [5, 5.41) is 0. The summed E-state index contributed by atoms with van der Waals surface area (Å²) in [5.41, 5.74) is 4.22. The van der Waals surface area contributed by atoms with Crippen LogP contribution in [0.2, 0.25) is 0 Å². The normalized spacial score (nSPS) is 17.2. The topological polar surface area (TPSA) is 51.4 Å². The van der Waals surface area contributed by atoms with Crippen molar-refractivity contribution in [1.82, 2.24) is 14.9 Å². The number of rotatable bonds is 6. The lowest BCUT2D eigenvalue weighted by molar-refractivity contribution is 0.271. The first-order chi connectivity index (χ1) is 13.6. The van der Waals surface area contributed by atoms with Crippen LogP contribution in [0, 0.1) is 6.92 Å². The molecule has 28 heavy (non-hydrogen) atoms. The fraction of sp³-hybridized carbons (Fsp3) is 0.391. The fourth-order valence-corrected chi connectivity index (χ4v) is 3.83. The van der Waals surface area contributed by atoms with E-state index in [2.05, 4.69) is 41.1 Å². The van der Waals surface area contributed by atoms with Crippen LogP contribution in [0.4, 0.5) is 0 Å². The molecule has 1 atom stereocenters. The summed E-state index contributed by atoms with van der Waals surface area (Å²) in [7, 11) is 1.62. The molecule has 3 aromatic rings. The number of nitrogens with zero attached hydrogens (tertiary/aromatic N) is 3. The number of aryl methyl sites for hydroxylation is 1. The molecule has 5 heteroatoms. The van der Waals surface area contributed by atoms with Crippen molar-refractivity contribution >= 4 is 0 Å². The van der Waals surface area contributed by atoms with Gasteiger partial charge in [0.15, 0.2) is 0 Å². The van der Waals surface area contributed by atoms with E-state index in [1.54, 1.807) is 7.11 Å². The number of likely N-dealkylation sites (tertiary alicyclic amines) is 1. The zero-order valence-corrected chi connectivity index (χ0v) is 16.8. The standard InChI is InChI=1S/C23H27N3O2/c1-16-5-4-13-26(16)14-12-21-17(2)28-23(25-21)19-8-6-18(7-9-19)20-10-11-22(27-3)24-15-20/h6-11,15-16H,4-5,12-14H2,1-3H3/t16-/m1/s1. The van der Waals surface area contributed by atoms with Crippen LogP contribution in [-0.4, -0.2) is 41.1 Å². The fourth-order valence-electron chi connectivity index (χ4n) is 3.83. The summed E-state index contributed by atoms with van der Waals surface area (Å²) in [6, 6.07) is 12.8. The Morgan fingerprint density at radius 1 is 1.11 bits per heavy atom. The van der Waals surface area contributed by atoms with Crippen LogP contribution in [-0.2, 0) is 6.42 Å². The quantitative estimate of drug-likeness (QED) is 0.621. The smallest absolute Gasteiger partial charge is 0.226 e. The Labute approximate surface area is 166 Å². The van der Waals surface area contributed by atoms with Crippen molar-refractivity contribution in [2.45, 2.75) is 39.2 Å². The average molecular weight is 377 g/mol. The van der Waals surface area contributed by atoms with Crippen LogP contribution < -0.4 is 4.74 Å². The minimum absolute atomic E-state index is 0.617. The SMILES string of the molecule is COc1ccc(-c2ccc(-c3nc(CCN4CCC[C@H]4C)c(C)o3)cc2)cn1. The maximum Gasteiger partial charge on any atom is 0.226 e. The number of ether oxygens (including phenoxy) is 1. The molecule has 0 radical (unpaired) electrons. The van der Waals surface area contributed by atoms with Gasteiger partial charge in [-0.1, -0.05) is 12.1 Å². The number of pyridine rings is 1. The summed E-state index contributed by atoms with van der Waals surface area (Å²) in [6.45, 7) is 6.58. The lowest BCUT2D eigenvalue weighted by atomic mass is 10.1. The summed E-state index contributed by atoms with van der Waals surface area (Å²) >= 11 is 0. The highest BCUT2D eigenvalue weighted by Gasteiger charge is 2.21. The Morgan fingerprint density at radius 2 is 1.86 bits per heavy atom. The maximum absolute atomic E-state index is 5.96. The van der Waals surface area contributed by atoms with Crippen molar-refractivity contribution < 1.29 is 9.15 Å². The lowest BCUT2D eigenvalue weighted by Gasteiger charge is -2.20. The molecule has 4 rings (SSSR count). The largest absolute Gasteiger partial charge is 0.481 e. The molecule has 3 heterocycles. The first-order valence-electron chi connectivity index (χ1n) is 9.95. The molecule has 5 nitrogen and oxygen atoms in total. The van der Waals surface area contributed by atoms with E-state index >= 15 is 0 Å². The molecule has 0 spiro atoms. The molecular formula is C23H27N3O2. The van der Waals surface area contributed by atoms with Crippen LogP contribution in [0.15, 0.2) is 47.0 Å². The second-order valence-corrected chi connectivity index (χ2v) is 7.47. The van der Waals surface area contributed by atoms with Gasteiger partial charge in [-0.2, -0.15) is 0 Å². The van der Waals surface area contributed by atoms with Crippen LogP contribution in [0.25, 0.3) is 22.6 Å². The number of benzene rings is 1. The molecule has 1 aromatic carbocycles. The van der Waals surface area contributed by atoms with E-state index in [4.69, 9.17) is 14.1 Å². The third kappa shape index (κ3) is 3.94. The summed E-state index contributed by atoms with van der Waals surface area (Å²) in [6.07, 6.45) is 5.37. The second-order valence-electron chi connectivity index (χ2n) is 7.47.